The average molecular weight is 322 g/mol. The van der Waals surface area contributed by atoms with E-state index in [9.17, 15) is 9.90 Å². The summed E-state index contributed by atoms with van der Waals surface area (Å²) in [7, 11) is 0. The molecule has 1 aromatic heterocycles. The number of carbonyl (C=O) groups excluding carboxylic acids is 1. The van der Waals surface area contributed by atoms with Crippen molar-refractivity contribution in [2.45, 2.75) is 6.42 Å². The van der Waals surface area contributed by atoms with E-state index in [1.807, 2.05) is 12.3 Å². The molecule has 0 bridgehead atoms. The first-order valence-corrected chi connectivity index (χ1v) is 7.33. The van der Waals surface area contributed by atoms with Gasteiger partial charge in [0.15, 0.2) is 12.0 Å². The molecule has 1 aliphatic rings. The first kappa shape index (κ1) is 15.4. The van der Waals surface area contributed by atoms with Crippen LogP contribution in [0.3, 0.4) is 0 Å². The fourth-order valence-corrected chi connectivity index (χ4v) is 2.64. The first-order chi connectivity index (χ1) is 11.6. The fraction of sp³-hybridized carbons (Fsp3) is 0.250. The summed E-state index contributed by atoms with van der Waals surface area (Å²) in [6.45, 7) is 0.992. The number of carbonyl (C=O) groups is 1. The highest BCUT2D eigenvalue weighted by Crippen LogP contribution is 2.22. The van der Waals surface area contributed by atoms with Crippen LogP contribution in [0.1, 0.15) is 12.0 Å². The lowest BCUT2D eigenvalue weighted by Crippen LogP contribution is -2.25. The van der Waals surface area contributed by atoms with Crippen LogP contribution in [0.4, 0.5) is 5.82 Å². The van der Waals surface area contributed by atoms with Crippen LogP contribution in [-0.4, -0.2) is 38.6 Å². The first-order valence-electron chi connectivity index (χ1n) is 7.33. The molecule has 2 aromatic rings. The largest absolute Gasteiger partial charge is 0.508 e. The molecule has 1 amide bonds. The van der Waals surface area contributed by atoms with Crippen LogP contribution in [0.25, 0.3) is 5.69 Å². The van der Waals surface area contributed by atoms with E-state index in [0.29, 0.717) is 36.6 Å². The minimum absolute atomic E-state index is 0.0332. The highest BCUT2D eigenvalue weighted by atomic mass is 16.3. The maximum absolute atomic E-state index is 12.2. The standard InChI is InChI=1S/C16H14N6O2/c17-6-11-1-2-13(23)5-14(11)22-8-15(19-10-22)20-16(24)12-3-4-21(7-12)9-18/h1-2,5,8,10,12,23H,3-4,7H2,(H,20,24)/t12-/m0/s1. The van der Waals surface area contributed by atoms with Gasteiger partial charge in [0, 0.05) is 19.2 Å². The van der Waals surface area contributed by atoms with Crippen LogP contribution in [0, 0.1) is 28.7 Å². The second-order valence-electron chi connectivity index (χ2n) is 5.50. The number of phenolic OH excluding ortho intramolecular Hbond substituents is 1. The Bertz CT molecular complexity index is 860. The Morgan fingerprint density at radius 2 is 2.25 bits per heavy atom. The van der Waals surface area contributed by atoms with E-state index in [1.165, 1.54) is 24.5 Å². The van der Waals surface area contributed by atoms with E-state index in [0.717, 1.165) is 0 Å². The van der Waals surface area contributed by atoms with Gasteiger partial charge in [-0.05, 0) is 18.6 Å². The summed E-state index contributed by atoms with van der Waals surface area (Å²) in [5.41, 5.74) is 0.852. The number of nitrogens with one attached hydrogen (secondary N) is 1. The summed E-state index contributed by atoms with van der Waals surface area (Å²) in [5, 5.41) is 30.3. The van der Waals surface area contributed by atoms with Crippen LogP contribution in [-0.2, 0) is 4.79 Å². The molecule has 8 nitrogen and oxygen atoms in total. The average Bonchev–Trinajstić information content (AvgIpc) is 3.24. The van der Waals surface area contributed by atoms with Crippen molar-refractivity contribution in [1.29, 1.82) is 10.5 Å². The van der Waals surface area contributed by atoms with Crippen LogP contribution < -0.4 is 5.32 Å². The van der Waals surface area contributed by atoms with Crippen molar-refractivity contribution < 1.29 is 9.90 Å². The second-order valence-corrected chi connectivity index (χ2v) is 5.50. The quantitative estimate of drug-likeness (QED) is 0.820. The van der Waals surface area contributed by atoms with Gasteiger partial charge in [-0.2, -0.15) is 10.5 Å². The fourth-order valence-electron chi connectivity index (χ4n) is 2.64. The number of phenols is 1. The van der Waals surface area contributed by atoms with Crippen molar-refractivity contribution in [3.05, 3.63) is 36.3 Å². The molecule has 2 N–H and O–H groups in total. The number of aromatic nitrogens is 2. The summed E-state index contributed by atoms with van der Waals surface area (Å²) in [5.74, 6) is -0.0480. The van der Waals surface area contributed by atoms with Crippen molar-refractivity contribution >= 4 is 11.7 Å². The summed E-state index contributed by atoms with van der Waals surface area (Å²) >= 11 is 0. The molecule has 0 saturated carbocycles. The van der Waals surface area contributed by atoms with Crippen molar-refractivity contribution in [1.82, 2.24) is 14.5 Å². The minimum Gasteiger partial charge on any atom is -0.508 e. The summed E-state index contributed by atoms with van der Waals surface area (Å²) in [4.78, 5) is 17.9. The van der Waals surface area contributed by atoms with Gasteiger partial charge in [0.2, 0.25) is 5.91 Å². The molecule has 2 heterocycles. The Kier molecular flexibility index (Phi) is 4.04. The molecular formula is C16H14N6O2. The van der Waals surface area contributed by atoms with E-state index < -0.39 is 0 Å². The second kappa shape index (κ2) is 6.31. The number of anilines is 1. The Labute approximate surface area is 138 Å². The monoisotopic (exact) mass is 322 g/mol. The Morgan fingerprint density at radius 3 is 2.96 bits per heavy atom. The van der Waals surface area contributed by atoms with E-state index in [1.54, 1.807) is 15.7 Å². The Morgan fingerprint density at radius 1 is 1.42 bits per heavy atom. The molecule has 0 unspecified atom stereocenters. The predicted octanol–water partition coefficient (Wildman–Crippen LogP) is 1.19. The van der Waals surface area contributed by atoms with Crippen molar-refractivity contribution in [2.24, 2.45) is 5.92 Å². The number of benzene rings is 1. The molecule has 1 aliphatic heterocycles. The lowest BCUT2D eigenvalue weighted by atomic mass is 10.1. The number of rotatable bonds is 3. The van der Waals surface area contributed by atoms with Crippen LogP contribution in [0.15, 0.2) is 30.7 Å². The zero-order valence-corrected chi connectivity index (χ0v) is 12.7. The van der Waals surface area contributed by atoms with Gasteiger partial charge in [-0.1, -0.05) is 0 Å². The maximum Gasteiger partial charge on any atom is 0.230 e. The molecule has 8 heteroatoms. The zero-order valence-electron chi connectivity index (χ0n) is 12.7. The third kappa shape index (κ3) is 2.99. The van der Waals surface area contributed by atoms with Gasteiger partial charge in [0.05, 0.1) is 23.4 Å². The summed E-state index contributed by atoms with van der Waals surface area (Å²) < 4.78 is 1.56. The molecule has 1 fully saturated rings. The number of imidazole rings is 1. The SMILES string of the molecule is N#Cc1ccc(O)cc1-n1cnc(NC(=O)[C@H]2CCN(C#N)C2)c1. The molecule has 0 spiro atoms. The topological polar surface area (TPSA) is 118 Å². The van der Waals surface area contributed by atoms with Crippen molar-refractivity contribution in [3.63, 3.8) is 0 Å². The molecule has 0 aliphatic carbocycles. The molecule has 1 saturated heterocycles. The number of likely N-dealkylation sites (tertiary alicyclic amines) is 1. The van der Waals surface area contributed by atoms with Gasteiger partial charge in [-0.3, -0.25) is 4.79 Å². The van der Waals surface area contributed by atoms with Crippen LogP contribution >= 0.6 is 0 Å². The zero-order chi connectivity index (χ0) is 17.1. The van der Waals surface area contributed by atoms with E-state index >= 15 is 0 Å². The lowest BCUT2D eigenvalue weighted by Gasteiger charge is -2.09. The summed E-state index contributed by atoms with van der Waals surface area (Å²) in [6.07, 6.45) is 5.70. The van der Waals surface area contributed by atoms with Gasteiger partial charge < -0.3 is 19.9 Å². The molecule has 3 rings (SSSR count). The van der Waals surface area contributed by atoms with E-state index in [2.05, 4.69) is 10.3 Å². The van der Waals surface area contributed by atoms with Crippen LogP contribution in [0.2, 0.25) is 0 Å². The number of nitrogens with zero attached hydrogens (tertiary/aromatic N) is 5. The number of aromatic hydroxyl groups is 1. The number of nitriles is 2. The van der Waals surface area contributed by atoms with Gasteiger partial charge >= 0.3 is 0 Å². The van der Waals surface area contributed by atoms with Crippen molar-refractivity contribution in [3.8, 4) is 23.7 Å². The Balaban J connectivity index is 1.75. The Hall–Kier alpha value is -3.52. The molecule has 0 radical (unpaired) electrons. The normalized spacial score (nSPS) is 16.4. The molecule has 1 atom stereocenters. The number of amides is 1. The third-order valence-corrected chi connectivity index (χ3v) is 3.91. The maximum atomic E-state index is 12.2. The van der Waals surface area contributed by atoms with Crippen molar-refractivity contribution in [2.75, 3.05) is 18.4 Å². The molecular weight excluding hydrogens is 308 g/mol. The smallest absolute Gasteiger partial charge is 0.230 e. The number of hydrogen-bond acceptors (Lipinski definition) is 6. The minimum atomic E-state index is -0.245. The van der Waals surface area contributed by atoms with Crippen LogP contribution in [0.5, 0.6) is 5.75 Å². The van der Waals surface area contributed by atoms with Gasteiger partial charge in [-0.25, -0.2) is 4.98 Å². The van der Waals surface area contributed by atoms with E-state index in [-0.39, 0.29) is 17.6 Å². The highest BCUT2D eigenvalue weighted by Gasteiger charge is 2.28. The van der Waals surface area contributed by atoms with E-state index in [4.69, 9.17) is 10.5 Å². The number of hydrogen-bond donors (Lipinski definition) is 2. The molecule has 24 heavy (non-hydrogen) atoms. The summed E-state index contributed by atoms with van der Waals surface area (Å²) in [6, 6.07) is 6.44. The van der Waals surface area contributed by atoms with Gasteiger partial charge in [0.1, 0.15) is 18.1 Å². The van der Waals surface area contributed by atoms with Gasteiger partial charge in [0.25, 0.3) is 0 Å². The highest BCUT2D eigenvalue weighted by molar-refractivity contribution is 5.92. The predicted molar refractivity (Wildman–Crippen MR) is 83.9 cm³/mol. The third-order valence-electron chi connectivity index (χ3n) is 3.91. The molecule has 120 valence electrons. The van der Waals surface area contributed by atoms with Gasteiger partial charge in [-0.15, -0.1) is 0 Å². The molecule has 1 aromatic carbocycles. The lowest BCUT2D eigenvalue weighted by molar-refractivity contribution is -0.119.